The molecule has 1 N–H and O–H groups in total. The van der Waals surface area contributed by atoms with Crippen molar-refractivity contribution in [3.63, 3.8) is 0 Å². The molecule has 37 heavy (non-hydrogen) atoms. The molecule has 6 heteroatoms. The number of aryl methyl sites for hydroxylation is 1. The highest BCUT2D eigenvalue weighted by atomic mass is 35.5. The number of benzene rings is 3. The van der Waals surface area contributed by atoms with Gasteiger partial charge in [0.15, 0.2) is 5.69 Å². The normalized spacial score (nSPS) is 17.6. The number of hydrogen-bond donors (Lipinski definition) is 1. The summed E-state index contributed by atoms with van der Waals surface area (Å²) in [6, 6.07) is 19.8. The minimum absolute atomic E-state index is 0.0683. The fraction of sp³-hybridized carbons (Fsp3) is 0.355. The van der Waals surface area contributed by atoms with Crippen molar-refractivity contribution in [2.75, 3.05) is 19.6 Å². The van der Waals surface area contributed by atoms with Crippen LogP contribution < -0.4 is 0 Å². The predicted molar refractivity (Wildman–Crippen MR) is 148 cm³/mol. The Kier molecular flexibility index (Phi) is 6.48. The van der Waals surface area contributed by atoms with Crippen molar-refractivity contribution in [3.05, 3.63) is 94.3 Å². The number of nitrogens with one attached hydrogen (secondary N) is 1. The highest BCUT2D eigenvalue weighted by molar-refractivity contribution is 6.31. The van der Waals surface area contributed by atoms with Gasteiger partial charge in [0.05, 0.1) is 22.6 Å². The molecule has 6 rings (SSSR count). The van der Waals surface area contributed by atoms with E-state index in [4.69, 9.17) is 23.2 Å². The van der Waals surface area contributed by atoms with E-state index in [1.54, 1.807) is 6.07 Å². The molecule has 1 saturated heterocycles. The number of halogens is 2. The number of aromatic amines is 1. The lowest BCUT2D eigenvalue weighted by Crippen LogP contribution is -2.43. The first-order valence-electron chi connectivity index (χ1n) is 13.2. The van der Waals surface area contributed by atoms with Gasteiger partial charge < -0.3 is 9.88 Å². The second-order valence-corrected chi connectivity index (χ2v) is 11.1. The number of rotatable bonds is 7. The molecule has 1 aromatic heterocycles. The second kappa shape index (κ2) is 9.93. The molecule has 0 amide bonds. The average molecular weight is 513 g/mol. The third-order valence-corrected chi connectivity index (χ3v) is 8.54. The summed E-state index contributed by atoms with van der Waals surface area (Å²) < 4.78 is 13.9. The van der Waals surface area contributed by atoms with E-state index >= 15 is 0 Å². The fourth-order valence-electron chi connectivity index (χ4n) is 5.82. The molecule has 2 aliphatic rings. The van der Waals surface area contributed by atoms with Gasteiger partial charge in [0.2, 0.25) is 0 Å². The van der Waals surface area contributed by atoms with Crippen LogP contribution in [0, 0.1) is 18.3 Å². The first kappa shape index (κ1) is 24.2. The summed E-state index contributed by atoms with van der Waals surface area (Å²) in [5.41, 5.74) is 5.70. The number of fused-ring (bicyclic) bond motifs is 1. The van der Waals surface area contributed by atoms with Gasteiger partial charge in [0.1, 0.15) is 11.6 Å². The van der Waals surface area contributed by atoms with Crippen molar-refractivity contribution in [2.45, 2.75) is 43.9 Å². The summed E-state index contributed by atoms with van der Waals surface area (Å²) in [7, 11) is 0. The molecule has 2 fully saturated rings. The Balaban J connectivity index is 1.25. The monoisotopic (exact) mass is 512 g/mol. The van der Waals surface area contributed by atoms with E-state index in [2.05, 4.69) is 45.1 Å². The third-order valence-electron chi connectivity index (χ3n) is 8.25. The van der Waals surface area contributed by atoms with Gasteiger partial charge in [-0.15, -0.1) is 0 Å². The molecule has 0 radical (unpaired) electrons. The van der Waals surface area contributed by atoms with Crippen LogP contribution in [0.25, 0.3) is 27.0 Å². The number of hydrogen-bond acceptors (Lipinski definition) is 2. The highest BCUT2D eigenvalue weighted by Crippen LogP contribution is 2.41. The molecule has 2 heterocycles. The molecule has 1 saturated carbocycles. The molecule has 0 unspecified atom stereocenters. The average Bonchev–Trinajstić information content (AvgIpc) is 3.66. The predicted octanol–water partition coefficient (Wildman–Crippen LogP) is 7.95. The quantitative estimate of drug-likeness (QED) is 0.255. The highest BCUT2D eigenvalue weighted by Gasteiger charge is 2.37. The van der Waals surface area contributed by atoms with Crippen molar-refractivity contribution < 1.29 is 4.39 Å². The van der Waals surface area contributed by atoms with Crippen molar-refractivity contribution in [1.82, 2.24) is 14.9 Å². The number of piperidine rings is 1. The zero-order valence-corrected chi connectivity index (χ0v) is 21.6. The molecule has 1 aliphatic carbocycles. The molecule has 188 valence electrons. The van der Waals surface area contributed by atoms with Crippen LogP contribution in [-0.2, 0) is 11.8 Å². The van der Waals surface area contributed by atoms with Gasteiger partial charge in [0, 0.05) is 19.0 Å². The van der Waals surface area contributed by atoms with E-state index in [1.807, 2.05) is 18.2 Å². The van der Waals surface area contributed by atoms with E-state index in [0.717, 1.165) is 61.6 Å². The van der Waals surface area contributed by atoms with Crippen molar-refractivity contribution in [3.8, 4) is 11.1 Å². The topological polar surface area (TPSA) is 36.3 Å². The number of aromatic nitrogens is 2. The molecule has 0 bridgehead atoms. The molecule has 3 aromatic carbocycles. The van der Waals surface area contributed by atoms with Crippen LogP contribution in [0.5, 0.6) is 0 Å². The number of imidazole rings is 1. The molecular formula is C31H30ClFN4. The summed E-state index contributed by atoms with van der Waals surface area (Å²) in [4.78, 5) is 14.2. The molecule has 4 aromatic rings. The summed E-state index contributed by atoms with van der Waals surface area (Å²) in [6.45, 7) is 10.8. The first-order valence-corrected chi connectivity index (χ1v) is 13.5. The molecule has 0 atom stereocenters. The van der Waals surface area contributed by atoms with Crippen LogP contribution in [-0.4, -0.2) is 34.5 Å². The Morgan fingerprint density at radius 1 is 1.05 bits per heavy atom. The van der Waals surface area contributed by atoms with E-state index in [1.165, 1.54) is 31.0 Å². The minimum atomic E-state index is -0.425. The lowest BCUT2D eigenvalue weighted by Gasteiger charge is -2.42. The van der Waals surface area contributed by atoms with Gasteiger partial charge in [-0.25, -0.2) is 14.2 Å². The summed E-state index contributed by atoms with van der Waals surface area (Å²) in [6.07, 6.45) is 6.78. The number of H-pyrrole nitrogens is 1. The largest absolute Gasteiger partial charge is 0.342 e. The third kappa shape index (κ3) is 5.14. The Labute approximate surface area is 222 Å². The van der Waals surface area contributed by atoms with Crippen LogP contribution in [0.4, 0.5) is 10.1 Å². The van der Waals surface area contributed by atoms with E-state index in [9.17, 15) is 4.39 Å². The minimum Gasteiger partial charge on any atom is -0.342 e. The lowest BCUT2D eigenvalue weighted by atomic mass is 9.69. The maximum absolute atomic E-state index is 13.9. The van der Waals surface area contributed by atoms with Crippen molar-refractivity contribution in [2.24, 2.45) is 5.92 Å². The fourth-order valence-corrected chi connectivity index (χ4v) is 5.98. The SMILES string of the molecule is [C-]#[N+]c1cccc(-c2ccc(C3(CCc4nc5cc(Cl)c(F)cc5[nH]4)CCN(CC4CC4)CC3)cc2)c1. The van der Waals surface area contributed by atoms with Gasteiger partial charge >= 0.3 is 0 Å². The van der Waals surface area contributed by atoms with Gasteiger partial charge in [0.25, 0.3) is 0 Å². The van der Waals surface area contributed by atoms with Crippen LogP contribution in [0.1, 0.15) is 43.5 Å². The van der Waals surface area contributed by atoms with Gasteiger partial charge in [-0.1, -0.05) is 54.1 Å². The maximum Gasteiger partial charge on any atom is 0.187 e. The Morgan fingerprint density at radius 2 is 1.84 bits per heavy atom. The molecule has 0 spiro atoms. The maximum atomic E-state index is 13.9. The van der Waals surface area contributed by atoms with E-state index in [0.29, 0.717) is 16.7 Å². The summed E-state index contributed by atoms with van der Waals surface area (Å²) >= 11 is 5.98. The molecule has 1 aliphatic heterocycles. The van der Waals surface area contributed by atoms with E-state index < -0.39 is 5.82 Å². The summed E-state index contributed by atoms with van der Waals surface area (Å²) in [5, 5.41) is 0.104. The van der Waals surface area contributed by atoms with Crippen LogP contribution in [0.15, 0.2) is 60.7 Å². The van der Waals surface area contributed by atoms with Gasteiger partial charge in [-0.2, -0.15) is 0 Å². The van der Waals surface area contributed by atoms with Crippen molar-refractivity contribution in [1.29, 1.82) is 0 Å². The first-order chi connectivity index (χ1) is 18.0. The molecular weight excluding hydrogens is 483 g/mol. The van der Waals surface area contributed by atoms with Crippen LogP contribution >= 0.6 is 11.6 Å². The van der Waals surface area contributed by atoms with Crippen LogP contribution in [0.3, 0.4) is 0 Å². The van der Waals surface area contributed by atoms with E-state index in [-0.39, 0.29) is 10.4 Å². The van der Waals surface area contributed by atoms with Crippen LogP contribution in [0.2, 0.25) is 5.02 Å². The second-order valence-electron chi connectivity index (χ2n) is 10.7. The summed E-state index contributed by atoms with van der Waals surface area (Å²) in [5.74, 6) is 1.36. The standard InChI is InChI=1S/C31H30ClFN4/c1-34-25-4-2-3-23(17-25)22-7-9-24(10-8-22)31(13-15-37(16-14-31)20-21-5-6-21)12-11-30-35-28-18-26(32)27(33)19-29(28)36-30/h2-4,7-10,17-19,21H,5-6,11-16,20H2,(H,35,36). The van der Waals surface area contributed by atoms with Gasteiger partial charge in [-0.3, -0.25) is 0 Å². The van der Waals surface area contributed by atoms with Crippen molar-refractivity contribution >= 4 is 28.3 Å². The Bertz CT molecular complexity index is 1420. The molecule has 4 nitrogen and oxygen atoms in total. The number of nitrogens with zero attached hydrogens (tertiary/aromatic N) is 3. The zero-order chi connectivity index (χ0) is 25.4. The zero-order valence-electron chi connectivity index (χ0n) is 20.8. The van der Waals surface area contributed by atoms with Gasteiger partial charge in [-0.05, 0) is 85.3 Å². The smallest absolute Gasteiger partial charge is 0.187 e. The Hall–Kier alpha value is -3.20. The number of likely N-dealkylation sites (tertiary alicyclic amines) is 1. The Morgan fingerprint density at radius 3 is 2.57 bits per heavy atom. The lowest BCUT2D eigenvalue weighted by molar-refractivity contribution is 0.146.